The van der Waals surface area contributed by atoms with Crippen molar-refractivity contribution in [2.24, 2.45) is 0 Å². The zero-order valence-electron chi connectivity index (χ0n) is 17.1. The highest BCUT2D eigenvalue weighted by Crippen LogP contribution is 2.24. The largest absolute Gasteiger partial charge is 0.326 e. The van der Waals surface area contributed by atoms with E-state index in [1.165, 1.54) is 18.2 Å². The van der Waals surface area contributed by atoms with Crippen molar-refractivity contribution in [3.05, 3.63) is 87.9 Å². The number of halogens is 2. The van der Waals surface area contributed by atoms with E-state index in [9.17, 15) is 18.0 Å². The number of anilines is 2. The maximum absolute atomic E-state index is 12.7. The molecule has 0 aliphatic rings. The van der Waals surface area contributed by atoms with Gasteiger partial charge in [-0.15, -0.1) is 0 Å². The molecule has 6 nitrogen and oxygen atoms in total. The number of amides is 1. The molecule has 1 amide bonds. The van der Waals surface area contributed by atoms with E-state index in [4.69, 9.17) is 23.2 Å². The second-order valence-electron chi connectivity index (χ2n) is 7.07. The van der Waals surface area contributed by atoms with Gasteiger partial charge in [-0.2, -0.15) is 0 Å². The number of hydrogen-bond acceptors (Lipinski definition) is 4. The highest BCUT2D eigenvalue weighted by molar-refractivity contribution is 7.92. The molecule has 0 aliphatic carbocycles. The number of carbonyl (C=O) groups is 2. The smallest absolute Gasteiger partial charge is 0.261 e. The molecule has 0 fully saturated rings. The first-order chi connectivity index (χ1) is 15.1. The van der Waals surface area contributed by atoms with Crippen molar-refractivity contribution in [3.63, 3.8) is 0 Å². The van der Waals surface area contributed by atoms with E-state index < -0.39 is 15.9 Å². The second kappa shape index (κ2) is 10.2. The lowest BCUT2D eigenvalue weighted by atomic mass is 10.1. The standard InChI is InChI=1S/C23H20Cl2N2O4S/c1-15-5-10-20(32(30,31)27-19-4-2-3-18(25)13-19)14-21(15)26-23(29)12-11-22(28)16-6-8-17(24)9-7-16/h2-10,13-14,27H,11-12H2,1H3,(H,26,29). The first-order valence-corrected chi connectivity index (χ1v) is 11.9. The van der Waals surface area contributed by atoms with Crippen molar-refractivity contribution in [2.45, 2.75) is 24.7 Å². The van der Waals surface area contributed by atoms with Crippen molar-refractivity contribution < 1.29 is 18.0 Å². The Balaban J connectivity index is 1.67. The topological polar surface area (TPSA) is 92.3 Å². The number of carbonyl (C=O) groups excluding carboxylic acids is 2. The average molecular weight is 491 g/mol. The lowest BCUT2D eigenvalue weighted by molar-refractivity contribution is -0.116. The van der Waals surface area contributed by atoms with Gasteiger partial charge in [0.25, 0.3) is 10.0 Å². The number of nitrogens with one attached hydrogen (secondary N) is 2. The molecule has 3 aromatic carbocycles. The Bertz CT molecular complexity index is 1260. The van der Waals surface area contributed by atoms with Crippen molar-refractivity contribution in [3.8, 4) is 0 Å². The molecular weight excluding hydrogens is 471 g/mol. The number of rotatable bonds is 8. The Morgan fingerprint density at radius 2 is 1.59 bits per heavy atom. The lowest BCUT2D eigenvalue weighted by Crippen LogP contribution is -2.16. The number of hydrogen-bond donors (Lipinski definition) is 2. The third-order valence-corrected chi connectivity index (χ3v) is 6.48. The molecule has 0 heterocycles. The lowest BCUT2D eigenvalue weighted by Gasteiger charge is -2.12. The van der Waals surface area contributed by atoms with Gasteiger partial charge < -0.3 is 5.32 Å². The number of Topliss-reactive ketones (excluding diaryl/α,β-unsaturated/α-hetero) is 1. The predicted molar refractivity (Wildman–Crippen MR) is 127 cm³/mol. The van der Waals surface area contributed by atoms with E-state index in [-0.39, 0.29) is 23.5 Å². The van der Waals surface area contributed by atoms with Crippen LogP contribution in [0.3, 0.4) is 0 Å². The maximum atomic E-state index is 12.7. The van der Waals surface area contributed by atoms with Gasteiger partial charge in [0, 0.05) is 34.1 Å². The summed E-state index contributed by atoms with van der Waals surface area (Å²) in [6, 6.07) is 17.2. The summed E-state index contributed by atoms with van der Waals surface area (Å²) >= 11 is 11.7. The Morgan fingerprint density at radius 3 is 2.28 bits per heavy atom. The third kappa shape index (κ3) is 6.32. The van der Waals surface area contributed by atoms with E-state index in [0.717, 1.165) is 0 Å². The van der Waals surface area contributed by atoms with Gasteiger partial charge in [0.05, 0.1) is 10.6 Å². The van der Waals surface area contributed by atoms with Crippen LogP contribution in [0.2, 0.25) is 10.0 Å². The van der Waals surface area contributed by atoms with Crippen molar-refractivity contribution in [2.75, 3.05) is 10.0 Å². The molecule has 0 aromatic heterocycles. The van der Waals surface area contributed by atoms with Crippen LogP contribution in [0, 0.1) is 6.92 Å². The highest BCUT2D eigenvalue weighted by atomic mass is 35.5. The molecule has 166 valence electrons. The van der Waals surface area contributed by atoms with Crippen LogP contribution >= 0.6 is 23.2 Å². The summed E-state index contributed by atoms with van der Waals surface area (Å²) in [4.78, 5) is 24.6. The summed E-state index contributed by atoms with van der Waals surface area (Å²) < 4.78 is 27.9. The molecule has 0 radical (unpaired) electrons. The fourth-order valence-corrected chi connectivity index (χ4v) is 4.28. The van der Waals surface area contributed by atoms with E-state index in [0.29, 0.717) is 32.5 Å². The van der Waals surface area contributed by atoms with Gasteiger partial charge in [-0.05, 0) is 67.1 Å². The maximum Gasteiger partial charge on any atom is 0.261 e. The minimum absolute atomic E-state index is 0.0147. The molecule has 0 saturated heterocycles. The molecule has 32 heavy (non-hydrogen) atoms. The van der Waals surface area contributed by atoms with Crippen molar-refractivity contribution in [1.82, 2.24) is 0 Å². The monoisotopic (exact) mass is 490 g/mol. The minimum Gasteiger partial charge on any atom is -0.326 e. The number of sulfonamides is 1. The van der Waals surface area contributed by atoms with Gasteiger partial charge in [-0.1, -0.05) is 35.3 Å². The molecule has 0 saturated carbocycles. The van der Waals surface area contributed by atoms with Gasteiger partial charge in [0.2, 0.25) is 5.91 Å². The molecular formula is C23H20Cl2N2O4S. The second-order valence-corrected chi connectivity index (χ2v) is 9.63. The summed E-state index contributed by atoms with van der Waals surface area (Å²) in [6.45, 7) is 1.75. The van der Waals surface area contributed by atoms with Crippen LogP contribution in [0.4, 0.5) is 11.4 Å². The summed E-state index contributed by atoms with van der Waals surface area (Å²) in [7, 11) is -3.90. The molecule has 0 unspecified atom stereocenters. The average Bonchev–Trinajstić information content (AvgIpc) is 2.73. The SMILES string of the molecule is Cc1ccc(S(=O)(=O)Nc2cccc(Cl)c2)cc1NC(=O)CCC(=O)c1ccc(Cl)cc1. The summed E-state index contributed by atoms with van der Waals surface area (Å²) in [5, 5.41) is 3.61. The van der Waals surface area contributed by atoms with Crippen LogP contribution in [0.5, 0.6) is 0 Å². The van der Waals surface area contributed by atoms with Crippen LogP contribution < -0.4 is 10.0 Å². The first-order valence-electron chi connectivity index (χ1n) is 9.62. The number of aryl methyl sites for hydroxylation is 1. The molecule has 3 aromatic rings. The van der Waals surface area contributed by atoms with Crippen LogP contribution in [0.1, 0.15) is 28.8 Å². The molecule has 0 bridgehead atoms. The van der Waals surface area contributed by atoms with Gasteiger partial charge in [-0.3, -0.25) is 14.3 Å². The first kappa shape index (κ1) is 23.8. The van der Waals surface area contributed by atoms with E-state index in [1.54, 1.807) is 55.5 Å². The summed E-state index contributed by atoms with van der Waals surface area (Å²) in [5.74, 6) is -0.580. The van der Waals surface area contributed by atoms with E-state index in [1.807, 2.05) is 0 Å². The molecule has 2 N–H and O–H groups in total. The van der Waals surface area contributed by atoms with Crippen LogP contribution in [-0.4, -0.2) is 20.1 Å². The Kier molecular flexibility index (Phi) is 7.56. The van der Waals surface area contributed by atoms with E-state index in [2.05, 4.69) is 10.0 Å². The normalized spacial score (nSPS) is 11.1. The molecule has 0 aliphatic heterocycles. The highest BCUT2D eigenvalue weighted by Gasteiger charge is 2.17. The summed E-state index contributed by atoms with van der Waals surface area (Å²) in [6.07, 6.45) is -0.0283. The minimum atomic E-state index is -3.90. The van der Waals surface area contributed by atoms with Crippen LogP contribution in [-0.2, 0) is 14.8 Å². The van der Waals surface area contributed by atoms with Gasteiger partial charge in [-0.25, -0.2) is 8.42 Å². The van der Waals surface area contributed by atoms with Crippen molar-refractivity contribution >= 4 is 56.3 Å². The zero-order valence-corrected chi connectivity index (χ0v) is 19.4. The summed E-state index contributed by atoms with van der Waals surface area (Å²) in [5.41, 5.74) is 1.83. The van der Waals surface area contributed by atoms with Gasteiger partial charge in [0.15, 0.2) is 5.78 Å². The van der Waals surface area contributed by atoms with Crippen molar-refractivity contribution in [1.29, 1.82) is 0 Å². The zero-order chi connectivity index (χ0) is 23.3. The predicted octanol–water partition coefficient (Wildman–Crippen LogP) is 5.70. The fraction of sp³-hybridized carbons (Fsp3) is 0.130. The number of benzene rings is 3. The fourth-order valence-electron chi connectivity index (χ4n) is 2.89. The number of ketones is 1. The Labute approximate surface area is 196 Å². The van der Waals surface area contributed by atoms with Crippen LogP contribution in [0.25, 0.3) is 0 Å². The Hall–Kier alpha value is -2.87. The molecule has 9 heteroatoms. The molecule has 0 atom stereocenters. The van der Waals surface area contributed by atoms with Crippen LogP contribution in [0.15, 0.2) is 71.6 Å². The molecule has 3 rings (SSSR count). The molecule has 0 spiro atoms. The quantitative estimate of drug-likeness (QED) is 0.395. The van der Waals surface area contributed by atoms with Gasteiger partial charge in [0.1, 0.15) is 0 Å². The Morgan fingerprint density at radius 1 is 0.875 bits per heavy atom. The van der Waals surface area contributed by atoms with E-state index >= 15 is 0 Å². The third-order valence-electron chi connectivity index (χ3n) is 4.62. The van der Waals surface area contributed by atoms with Gasteiger partial charge >= 0.3 is 0 Å².